The molecular weight excluding hydrogens is 418 g/mol. The second kappa shape index (κ2) is 9.88. The minimum atomic E-state index is -1.12. The lowest BCUT2D eigenvalue weighted by atomic mass is 10.0. The van der Waals surface area contributed by atoms with Gasteiger partial charge in [0.25, 0.3) is 0 Å². The van der Waals surface area contributed by atoms with Crippen molar-refractivity contribution in [1.29, 1.82) is 0 Å². The number of benzene rings is 1. The molecule has 3 amide bonds. The van der Waals surface area contributed by atoms with Crippen LogP contribution in [0.1, 0.15) is 33.6 Å². The maximum atomic E-state index is 12.7. The van der Waals surface area contributed by atoms with Crippen molar-refractivity contribution in [3.05, 3.63) is 18.2 Å². The number of carboxylic acids is 1. The first-order chi connectivity index (χ1) is 15.2. The SMILES string of the molecule is CC(C)CC(NC(=O)C(C)NC(=O)C1CC(=O)N(c2ccc3c(c2)OCCO3)C1)C(=O)O. The number of rotatable bonds is 8. The first kappa shape index (κ1) is 23.4. The first-order valence-electron chi connectivity index (χ1n) is 10.7. The second-order valence-electron chi connectivity index (χ2n) is 8.49. The number of aliphatic carboxylic acids is 1. The fourth-order valence-corrected chi connectivity index (χ4v) is 3.72. The van der Waals surface area contributed by atoms with E-state index in [0.29, 0.717) is 30.4 Å². The highest BCUT2D eigenvalue weighted by Gasteiger charge is 2.36. The number of amides is 3. The first-order valence-corrected chi connectivity index (χ1v) is 10.7. The minimum Gasteiger partial charge on any atom is -0.486 e. The van der Waals surface area contributed by atoms with E-state index in [9.17, 15) is 24.3 Å². The monoisotopic (exact) mass is 447 g/mol. The van der Waals surface area contributed by atoms with Crippen LogP contribution in [0.2, 0.25) is 0 Å². The Labute approximate surface area is 186 Å². The van der Waals surface area contributed by atoms with Gasteiger partial charge in [-0.05, 0) is 31.4 Å². The summed E-state index contributed by atoms with van der Waals surface area (Å²) in [7, 11) is 0. The number of carbonyl (C=O) groups excluding carboxylic acids is 3. The Kier molecular flexibility index (Phi) is 7.22. The lowest BCUT2D eigenvalue weighted by molar-refractivity contribution is -0.142. The van der Waals surface area contributed by atoms with Gasteiger partial charge in [-0.2, -0.15) is 0 Å². The zero-order chi connectivity index (χ0) is 23.4. The van der Waals surface area contributed by atoms with Crippen molar-refractivity contribution in [1.82, 2.24) is 10.6 Å². The van der Waals surface area contributed by atoms with E-state index in [4.69, 9.17) is 9.47 Å². The Morgan fingerprint density at radius 3 is 2.47 bits per heavy atom. The Hall–Kier alpha value is -3.30. The normalized spacial score (nSPS) is 19.4. The summed E-state index contributed by atoms with van der Waals surface area (Å²) < 4.78 is 11.0. The number of hydrogen-bond donors (Lipinski definition) is 3. The van der Waals surface area contributed by atoms with Crippen LogP contribution in [0.15, 0.2) is 18.2 Å². The summed E-state index contributed by atoms with van der Waals surface area (Å²) in [6.07, 6.45) is 0.295. The van der Waals surface area contributed by atoms with E-state index in [2.05, 4.69) is 10.6 Å². The number of ether oxygens (including phenoxy) is 2. The van der Waals surface area contributed by atoms with E-state index in [-0.39, 0.29) is 31.2 Å². The maximum Gasteiger partial charge on any atom is 0.326 e. The van der Waals surface area contributed by atoms with Crippen LogP contribution in [0.5, 0.6) is 11.5 Å². The van der Waals surface area contributed by atoms with Gasteiger partial charge in [0.2, 0.25) is 17.7 Å². The van der Waals surface area contributed by atoms with Gasteiger partial charge >= 0.3 is 5.97 Å². The summed E-state index contributed by atoms with van der Waals surface area (Å²) in [4.78, 5) is 50.5. The molecule has 2 heterocycles. The quantitative estimate of drug-likeness (QED) is 0.540. The third-order valence-electron chi connectivity index (χ3n) is 5.41. The summed E-state index contributed by atoms with van der Waals surface area (Å²) in [6, 6.07) is 3.22. The standard InChI is InChI=1S/C22H29N3O7/c1-12(2)8-16(22(29)30)24-20(27)13(3)23-21(28)14-9-19(26)25(11-14)15-4-5-17-18(10-15)32-7-6-31-17/h4-5,10,12-14,16H,6-9,11H2,1-3H3,(H,23,28)(H,24,27)(H,29,30). The van der Waals surface area contributed by atoms with Crippen LogP contribution >= 0.6 is 0 Å². The van der Waals surface area contributed by atoms with Gasteiger partial charge in [0.05, 0.1) is 5.92 Å². The van der Waals surface area contributed by atoms with Crippen LogP contribution in [0.3, 0.4) is 0 Å². The molecule has 3 rings (SSSR count). The molecule has 3 N–H and O–H groups in total. The predicted molar refractivity (Wildman–Crippen MR) is 115 cm³/mol. The number of nitrogens with zero attached hydrogens (tertiary/aromatic N) is 1. The van der Waals surface area contributed by atoms with Crippen molar-refractivity contribution in [3.8, 4) is 11.5 Å². The van der Waals surface area contributed by atoms with Crippen molar-refractivity contribution < 1.29 is 33.8 Å². The van der Waals surface area contributed by atoms with Gasteiger partial charge in [-0.25, -0.2) is 4.79 Å². The van der Waals surface area contributed by atoms with Crippen molar-refractivity contribution in [3.63, 3.8) is 0 Å². The molecule has 1 aromatic carbocycles. The van der Waals surface area contributed by atoms with Gasteiger partial charge in [-0.3, -0.25) is 14.4 Å². The Morgan fingerprint density at radius 2 is 1.81 bits per heavy atom. The second-order valence-corrected chi connectivity index (χ2v) is 8.49. The highest BCUT2D eigenvalue weighted by atomic mass is 16.6. The van der Waals surface area contributed by atoms with Crippen LogP contribution in [-0.4, -0.2) is 60.6 Å². The summed E-state index contributed by atoms with van der Waals surface area (Å²) in [6.45, 7) is 6.26. The number of nitrogens with one attached hydrogen (secondary N) is 2. The van der Waals surface area contributed by atoms with E-state index in [1.54, 1.807) is 18.2 Å². The molecular formula is C22H29N3O7. The highest BCUT2D eigenvalue weighted by molar-refractivity contribution is 6.01. The van der Waals surface area contributed by atoms with Crippen molar-refractivity contribution in [2.75, 3.05) is 24.7 Å². The molecule has 32 heavy (non-hydrogen) atoms. The van der Waals surface area contributed by atoms with E-state index in [1.807, 2.05) is 13.8 Å². The number of anilines is 1. The fraction of sp³-hybridized carbons (Fsp3) is 0.545. The zero-order valence-electron chi connectivity index (χ0n) is 18.4. The lowest BCUT2D eigenvalue weighted by Crippen LogP contribution is -2.51. The molecule has 0 aliphatic carbocycles. The number of fused-ring (bicyclic) bond motifs is 1. The predicted octanol–water partition coefficient (Wildman–Crippen LogP) is 0.931. The van der Waals surface area contributed by atoms with Crippen molar-refractivity contribution >= 4 is 29.4 Å². The van der Waals surface area contributed by atoms with Gasteiger partial charge in [-0.15, -0.1) is 0 Å². The van der Waals surface area contributed by atoms with Crippen LogP contribution in [0.4, 0.5) is 5.69 Å². The Balaban J connectivity index is 1.58. The lowest BCUT2D eigenvalue weighted by Gasteiger charge is -2.22. The molecule has 0 spiro atoms. The van der Waals surface area contributed by atoms with Crippen molar-refractivity contribution in [2.24, 2.45) is 11.8 Å². The third kappa shape index (κ3) is 5.49. The number of carboxylic acid groups (broad SMARTS) is 1. The van der Waals surface area contributed by atoms with Gasteiger partial charge in [0.1, 0.15) is 25.3 Å². The fourth-order valence-electron chi connectivity index (χ4n) is 3.72. The molecule has 10 heteroatoms. The highest BCUT2D eigenvalue weighted by Crippen LogP contribution is 2.36. The smallest absolute Gasteiger partial charge is 0.326 e. The van der Waals surface area contributed by atoms with Gasteiger partial charge in [0.15, 0.2) is 11.5 Å². The van der Waals surface area contributed by atoms with Crippen molar-refractivity contribution in [2.45, 2.75) is 45.7 Å². The molecule has 0 saturated carbocycles. The summed E-state index contributed by atoms with van der Waals surface area (Å²) in [5.74, 6) is -1.73. The molecule has 174 valence electrons. The third-order valence-corrected chi connectivity index (χ3v) is 5.41. The Morgan fingerprint density at radius 1 is 1.12 bits per heavy atom. The largest absolute Gasteiger partial charge is 0.486 e. The summed E-state index contributed by atoms with van der Waals surface area (Å²) in [5.41, 5.74) is 0.610. The van der Waals surface area contributed by atoms with Crippen LogP contribution in [0.25, 0.3) is 0 Å². The van der Waals surface area contributed by atoms with Gasteiger partial charge in [0, 0.05) is 24.7 Å². The Bertz CT molecular complexity index is 902. The molecule has 1 aromatic rings. The van der Waals surface area contributed by atoms with E-state index in [0.717, 1.165) is 0 Å². The summed E-state index contributed by atoms with van der Waals surface area (Å²) in [5, 5.41) is 14.3. The molecule has 3 atom stereocenters. The molecule has 10 nitrogen and oxygen atoms in total. The molecule has 2 aliphatic heterocycles. The number of hydrogen-bond acceptors (Lipinski definition) is 6. The maximum absolute atomic E-state index is 12.7. The van der Waals surface area contributed by atoms with Crippen LogP contribution in [-0.2, 0) is 19.2 Å². The average molecular weight is 447 g/mol. The van der Waals surface area contributed by atoms with E-state index in [1.165, 1.54) is 11.8 Å². The molecule has 3 unspecified atom stereocenters. The minimum absolute atomic E-state index is 0.0136. The van der Waals surface area contributed by atoms with E-state index >= 15 is 0 Å². The molecule has 0 aromatic heterocycles. The summed E-state index contributed by atoms with van der Waals surface area (Å²) >= 11 is 0. The number of carbonyl (C=O) groups is 4. The molecule has 2 aliphatic rings. The molecule has 0 bridgehead atoms. The topological polar surface area (TPSA) is 134 Å². The van der Waals surface area contributed by atoms with Crippen LogP contribution < -0.4 is 25.0 Å². The van der Waals surface area contributed by atoms with Gasteiger partial charge in [-0.1, -0.05) is 13.8 Å². The average Bonchev–Trinajstić information content (AvgIpc) is 3.14. The molecule has 0 radical (unpaired) electrons. The molecule has 1 fully saturated rings. The zero-order valence-corrected chi connectivity index (χ0v) is 18.4. The van der Waals surface area contributed by atoms with Gasteiger partial charge < -0.3 is 30.1 Å². The van der Waals surface area contributed by atoms with E-state index < -0.39 is 35.8 Å². The van der Waals surface area contributed by atoms with Crippen LogP contribution in [0, 0.1) is 11.8 Å². The molecule has 1 saturated heterocycles.